The van der Waals surface area contributed by atoms with Crippen molar-refractivity contribution in [1.29, 1.82) is 0 Å². The van der Waals surface area contributed by atoms with Crippen LogP contribution in [0, 0.1) is 0 Å². The van der Waals surface area contributed by atoms with E-state index in [0.717, 1.165) is 22.3 Å². The maximum Gasteiger partial charge on any atom is 0.328 e. The van der Waals surface area contributed by atoms with E-state index in [1.165, 1.54) is 5.56 Å². The molecule has 0 aromatic heterocycles. The van der Waals surface area contributed by atoms with Gasteiger partial charge in [0.05, 0.1) is 0 Å². The van der Waals surface area contributed by atoms with Gasteiger partial charge in [0.2, 0.25) is 0 Å². The summed E-state index contributed by atoms with van der Waals surface area (Å²) < 4.78 is 0. The Kier molecular flexibility index (Phi) is 9.50. The van der Waals surface area contributed by atoms with E-state index in [-0.39, 0.29) is 22.7 Å². The second-order valence-corrected chi connectivity index (χ2v) is 11.3. The highest BCUT2D eigenvalue weighted by atomic mass is 16.4. The molecule has 1 saturated heterocycles. The number of aromatic hydroxyl groups is 3. The van der Waals surface area contributed by atoms with Crippen molar-refractivity contribution in [2.45, 2.75) is 44.1 Å². The van der Waals surface area contributed by atoms with Gasteiger partial charge < -0.3 is 35.7 Å². The fraction of sp³-hybridized carbons (Fsp3) is 0.265. The number of hydrogen-bond acceptors (Lipinski definition) is 8. The Balaban J connectivity index is 0.000000309. The van der Waals surface area contributed by atoms with Gasteiger partial charge in [0.1, 0.15) is 30.7 Å². The highest BCUT2D eigenvalue weighted by molar-refractivity contribution is 5.76. The molecule has 1 heterocycles. The lowest BCUT2D eigenvalue weighted by Crippen LogP contribution is -2.37. The normalized spacial score (nSPS) is 16.9. The van der Waals surface area contributed by atoms with Crippen molar-refractivity contribution in [2.24, 2.45) is 0 Å². The highest BCUT2D eigenvalue weighted by Gasteiger charge is 2.43. The molecule has 4 aromatic carbocycles. The summed E-state index contributed by atoms with van der Waals surface area (Å²) in [4.78, 5) is 12.3. The maximum absolute atomic E-state index is 11.0. The van der Waals surface area contributed by atoms with Gasteiger partial charge in [0, 0.05) is 10.8 Å². The number of carbonyl (C=O) groups excluding carboxylic acids is 1. The SMILES string of the molecule is CC(C)(c1ccc(O)cc1)c1ccc(C(C)(c2ccc(O)cc2)c2ccc(O)cc2)cc1.O=C1N(CO)C(O)C(O)N1CO. The number of phenolic OH excluding ortho intramolecular Hbond substituents is 3. The first-order valence-corrected chi connectivity index (χ1v) is 14.0. The molecule has 1 fully saturated rings. The largest absolute Gasteiger partial charge is 0.508 e. The zero-order valence-electron chi connectivity index (χ0n) is 24.7. The smallest absolute Gasteiger partial charge is 0.328 e. The van der Waals surface area contributed by atoms with Crippen LogP contribution in [0.3, 0.4) is 0 Å². The Labute approximate surface area is 255 Å². The zero-order chi connectivity index (χ0) is 32.2. The highest BCUT2D eigenvalue weighted by Crippen LogP contribution is 2.41. The lowest BCUT2D eigenvalue weighted by molar-refractivity contribution is -0.0924. The number of rotatable bonds is 7. The van der Waals surface area contributed by atoms with Crippen LogP contribution in [0.25, 0.3) is 0 Å². The van der Waals surface area contributed by atoms with Crippen LogP contribution in [0.2, 0.25) is 0 Å². The van der Waals surface area contributed by atoms with Gasteiger partial charge in [0.15, 0.2) is 12.5 Å². The Morgan fingerprint density at radius 1 is 0.523 bits per heavy atom. The summed E-state index contributed by atoms with van der Waals surface area (Å²) in [6.07, 6.45) is -2.98. The van der Waals surface area contributed by atoms with Crippen LogP contribution in [-0.4, -0.2) is 77.5 Å². The fourth-order valence-corrected chi connectivity index (χ4v) is 5.36. The van der Waals surface area contributed by atoms with Crippen LogP contribution in [0.4, 0.5) is 4.79 Å². The minimum absolute atomic E-state index is 0.223. The average Bonchev–Trinajstić information content (AvgIpc) is 3.23. The molecule has 0 saturated carbocycles. The molecule has 7 N–H and O–H groups in total. The number of aliphatic hydroxyl groups is 4. The number of amides is 2. The number of benzene rings is 4. The van der Waals surface area contributed by atoms with Gasteiger partial charge in [-0.25, -0.2) is 4.79 Å². The lowest BCUT2D eigenvalue weighted by Gasteiger charge is -2.33. The summed E-state index contributed by atoms with van der Waals surface area (Å²) in [5.74, 6) is 0.721. The molecule has 5 rings (SSSR count). The number of urea groups is 1. The van der Waals surface area contributed by atoms with Crippen molar-refractivity contribution in [1.82, 2.24) is 9.80 Å². The first kappa shape index (κ1) is 32.3. The summed E-state index contributed by atoms with van der Waals surface area (Å²) >= 11 is 0. The van der Waals surface area contributed by atoms with E-state index in [1.54, 1.807) is 36.4 Å². The zero-order valence-corrected chi connectivity index (χ0v) is 24.7. The lowest BCUT2D eigenvalue weighted by atomic mass is 9.70. The number of phenols is 3. The van der Waals surface area contributed by atoms with E-state index in [0.29, 0.717) is 9.80 Å². The summed E-state index contributed by atoms with van der Waals surface area (Å²) in [5.41, 5.74) is 4.81. The molecule has 10 heteroatoms. The van der Waals surface area contributed by atoms with Crippen LogP contribution in [0.15, 0.2) is 97.1 Å². The minimum atomic E-state index is -1.49. The molecule has 1 aliphatic rings. The Hall–Kier alpha value is -4.61. The first-order chi connectivity index (χ1) is 20.8. The summed E-state index contributed by atoms with van der Waals surface area (Å²) in [7, 11) is 0. The summed E-state index contributed by atoms with van der Waals surface area (Å²) in [6, 6.07) is 29.7. The van der Waals surface area contributed by atoms with E-state index in [4.69, 9.17) is 20.4 Å². The van der Waals surface area contributed by atoms with Gasteiger partial charge in [0.25, 0.3) is 0 Å². The van der Waals surface area contributed by atoms with Gasteiger partial charge in [-0.3, -0.25) is 9.80 Å². The molecule has 4 aromatic rings. The number of carbonyl (C=O) groups is 1. The van der Waals surface area contributed by atoms with Crippen molar-refractivity contribution >= 4 is 6.03 Å². The Morgan fingerprint density at radius 2 is 0.773 bits per heavy atom. The van der Waals surface area contributed by atoms with Crippen molar-refractivity contribution in [3.8, 4) is 17.2 Å². The summed E-state index contributed by atoms with van der Waals surface area (Å²) in [6.45, 7) is 5.11. The van der Waals surface area contributed by atoms with Crippen LogP contribution < -0.4 is 0 Å². The van der Waals surface area contributed by atoms with Crippen LogP contribution in [0.1, 0.15) is 48.6 Å². The predicted molar refractivity (Wildman–Crippen MR) is 164 cm³/mol. The first-order valence-electron chi connectivity index (χ1n) is 14.0. The van der Waals surface area contributed by atoms with Crippen LogP contribution in [-0.2, 0) is 10.8 Å². The molecule has 2 unspecified atom stereocenters. The maximum atomic E-state index is 11.0. The summed E-state index contributed by atoms with van der Waals surface area (Å²) in [5, 5.41) is 64.5. The Bertz CT molecular complexity index is 1480. The molecule has 2 atom stereocenters. The van der Waals surface area contributed by atoms with E-state index >= 15 is 0 Å². The number of hydrogen-bond donors (Lipinski definition) is 7. The van der Waals surface area contributed by atoms with Gasteiger partial charge in [-0.1, -0.05) is 74.5 Å². The van der Waals surface area contributed by atoms with Gasteiger partial charge in [-0.15, -0.1) is 0 Å². The van der Waals surface area contributed by atoms with E-state index in [9.17, 15) is 20.1 Å². The number of aliphatic hydroxyl groups excluding tert-OH is 4. The van der Waals surface area contributed by atoms with Gasteiger partial charge in [-0.05, 0) is 71.1 Å². The van der Waals surface area contributed by atoms with Crippen molar-refractivity contribution in [3.63, 3.8) is 0 Å². The third-order valence-corrected chi connectivity index (χ3v) is 8.36. The number of nitrogens with zero attached hydrogens (tertiary/aromatic N) is 2. The molecule has 44 heavy (non-hydrogen) atoms. The molecule has 1 aliphatic heterocycles. The molecule has 0 radical (unpaired) electrons. The van der Waals surface area contributed by atoms with E-state index in [2.05, 4.69) is 45.0 Å². The van der Waals surface area contributed by atoms with Crippen molar-refractivity contribution in [2.75, 3.05) is 13.5 Å². The molecular formula is C34H38N2O8. The third kappa shape index (κ3) is 6.20. The van der Waals surface area contributed by atoms with Crippen LogP contribution in [0.5, 0.6) is 17.2 Å². The van der Waals surface area contributed by atoms with E-state index in [1.807, 2.05) is 36.4 Å². The van der Waals surface area contributed by atoms with Gasteiger partial charge >= 0.3 is 6.03 Å². The second-order valence-electron chi connectivity index (χ2n) is 11.3. The molecule has 0 aliphatic carbocycles. The molecule has 0 spiro atoms. The minimum Gasteiger partial charge on any atom is -0.508 e. The van der Waals surface area contributed by atoms with Crippen LogP contribution >= 0.6 is 0 Å². The predicted octanol–water partition coefficient (Wildman–Crippen LogP) is 3.74. The van der Waals surface area contributed by atoms with Crippen molar-refractivity contribution < 1.29 is 40.5 Å². The molecule has 10 nitrogen and oxygen atoms in total. The quantitative estimate of drug-likeness (QED) is 0.157. The van der Waals surface area contributed by atoms with E-state index < -0.39 is 37.4 Å². The Morgan fingerprint density at radius 3 is 1.05 bits per heavy atom. The molecule has 0 bridgehead atoms. The average molecular weight is 603 g/mol. The molecule has 2 amide bonds. The monoisotopic (exact) mass is 602 g/mol. The third-order valence-electron chi connectivity index (χ3n) is 8.36. The van der Waals surface area contributed by atoms with Crippen molar-refractivity contribution in [3.05, 3.63) is 125 Å². The topological polar surface area (TPSA) is 165 Å². The molecular weight excluding hydrogens is 564 g/mol. The second kappa shape index (κ2) is 12.9. The standard InChI is InChI=1S/C29H28O3.C5H10N2O5/c1-28(2,21-8-14-25(30)15-9-21)20-4-6-22(7-5-20)29(3,23-10-16-26(31)17-11-23)24-12-18-27(32)19-13-24;8-1-6-3(10)4(11)7(2-9)5(6)12/h4-19,30-32H,1-3H3;3-4,8-11H,1-2H2. The molecule has 232 valence electrons. The van der Waals surface area contributed by atoms with Gasteiger partial charge in [-0.2, -0.15) is 0 Å². The fourth-order valence-electron chi connectivity index (χ4n) is 5.36.